The Morgan fingerprint density at radius 2 is 1.79 bits per heavy atom. The van der Waals surface area contributed by atoms with Crippen LogP contribution in [0.4, 0.5) is 0 Å². The number of hydrogen-bond acceptors (Lipinski definition) is 4. The summed E-state index contributed by atoms with van der Waals surface area (Å²) in [6.45, 7) is 1.22. The molecule has 0 bridgehead atoms. The van der Waals surface area contributed by atoms with Crippen molar-refractivity contribution in [1.29, 1.82) is 5.26 Å². The van der Waals surface area contributed by atoms with Crippen LogP contribution in [0, 0.1) is 11.3 Å². The van der Waals surface area contributed by atoms with Crippen LogP contribution >= 0.6 is 10.0 Å². The Morgan fingerprint density at radius 3 is 2.50 bits per heavy atom. The fourth-order valence-electron chi connectivity index (χ4n) is 4.74. The third-order valence-corrected chi connectivity index (χ3v) is 8.02. The molecular weight excluding hydrogens is 440 g/mol. The number of ether oxygens (including phenoxy) is 1. The lowest BCUT2D eigenvalue weighted by molar-refractivity contribution is 0.0923. The first-order valence-corrected chi connectivity index (χ1v) is 14.5. The van der Waals surface area contributed by atoms with Crippen molar-refractivity contribution in [3.05, 3.63) is 83.8 Å². The Labute approximate surface area is 202 Å². The fourth-order valence-corrected chi connectivity index (χ4v) is 5.35. The molecule has 174 valence electrons. The van der Waals surface area contributed by atoms with Crippen LogP contribution in [0.2, 0.25) is 0 Å². The molecule has 0 unspecified atom stereocenters. The molecule has 0 spiro atoms. The van der Waals surface area contributed by atoms with Crippen molar-refractivity contribution >= 4 is 21.1 Å². The third kappa shape index (κ3) is 4.34. The van der Waals surface area contributed by atoms with E-state index >= 15 is 0 Å². The highest BCUT2D eigenvalue weighted by Crippen LogP contribution is 2.41. The molecule has 0 atom stereocenters. The fraction of sp³-hybridized carbons (Fsp3) is 0.321. The average molecular weight is 471 g/mol. The van der Waals surface area contributed by atoms with Crippen molar-refractivity contribution in [2.45, 2.75) is 25.0 Å². The standard InChI is InChI=1S/C28H30N4OS/c1-34(2,3)14-13-33-20-32-12-11-25-26(30-19-31-27(25)32)21-9-6-10-24(15-21)28(18-29)16-22-7-4-5-8-23(22)17-28/h4-12,15,19H,13-14,16-17,20H2,1-3H3. The summed E-state index contributed by atoms with van der Waals surface area (Å²) in [6, 6.07) is 21.4. The summed E-state index contributed by atoms with van der Waals surface area (Å²) in [5.41, 5.74) is 5.79. The highest BCUT2D eigenvalue weighted by Gasteiger charge is 2.39. The summed E-state index contributed by atoms with van der Waals surface area (Å²) in [5.74, 6) is 1.09. The molecule has 1 aliphatic rings. The maximum Gasteiger partial charge on any atom is 0.145 e. The number of rotatable bonds is 7. The van der Waals surface area contributed by atoms with Crippen LogP contribution in [-0.4, -0.2) is 45.7 Å². The van der Waals surface area contributed by atoms with E-state index in [0.29, 0.717) is 6.73 Å². The molecule has 0 aliphatic heterocycles. The molecule has 0 amide bonds. The minimum absolute atomic E-state index is 0.477. The summed E-state index contributed by atoms with van der Waals surface area (Å²) in [6.07, 6.45) is 12.0. The van der Waals surface area contributed by atoms with Gasteiger partial charge >= 0.3 is 0 Å². The summed E-state index contributed by atoms with van der Waals surface area (Å²) in [7, 11) is -0.569. The van der Waals surface area contributed by atoms with Crippen LogP contribution in [-0.2, 0) is 29.7 Å². The second kappa shape index (κ2) is 8.90. The molecule has 0 fully saturated rings. The van der Waals surface area contributed by atoms with Gasteiger partial charge in [0.2, 0.25) is 0 Å². The average Bonchev–Trinajstić information content (AvgIpc) is 3.43. The van der Waals surface area contributed by atoms with Crippen molar-refractivity contribution < 1.29 is 4.74 Å². The van der Waals surface area contributed by atoms with Gasteiger partial charge in [-0.1, -0.05) is 42.5 Å². The molecule has 0 saturated carbocycles. The van der Waals surface area contributed by atoms with Gasteiger partial charge in [0.1, 0.15) is 18.7 Å². The monoisotopic (exact) mass is 470 g/mol. The summed E-state index contributed by atoms with van der Waals surface area (Å²) in [4.78, 5) is 9.17. The first-order valence-electron chi connectivity index (χ1n) is 11.5. The van der Waals surface area contributed by atoms with Gasteiger partial charge in [-0.25, -0.2) is 20.0 Å². The number of benzene rings is 2. The Morgan fingerprint density at radius 1 is 1.03 bits per heavy atom. The van der Waals surface area contributed by atoms with Crippen molar-refractivity contribution in [3.8, 4) is 17.3 Å². The van der Waals surface area contributed by atoms with Gasteiger partial charge in [0.15, 0.2) is 0 Å². The molecule has 34 heavy (non-hydrogen) atoms. The molecule has 5 nitrogen and oxygen atoms in total. The van der Waals surface area contributed by atoms with Crippen molar-refractivity contribution in [2.75, 3.05) is 31.1 Å². The largest absolute Gasteiger partial charge is 0.360 e. The van der Waals surface area contributed by atoms with Crippen molar-refractivity contribution in [2.24, 2.45) is 0 Å². The number of fused-ring (bicyclic) bond motifs is 2. The summed E-state index contributed by atoms with van der Waals surface area (Å²) >= 11 is 0. The zero-order valence-electron chi connectivity index (χ0n) is 20.0. The predicted octanol–water partition coefficient (Wildman–Crippen LogP) is 5.33. The quantitative estimate of drug-likeness (QED) is 0.343. The van der Waals surface area contributed by atoms with Crippen LogP contribution in [0.1, 0.15) is 16.7 Å². The molecule has 0 N–H and O–H groups in total. The van der Waals surface area contributed by atoms with Crippen LogP contribution in [0.15, 0.2) is 67.1 Å². The molecule has 2 heterocycles. The zero-order chi connectivity index (χ0) is 23.8. The molecule has 1 aliphatic carbocycles. The third-order valence-electron chi connectivity index (χ3n) is 6.63. The van der Waals surface area contributed by atoms with Gasteiger partial charge in [0, 0.05) is 22.9 Å². The molecule has 5 rings (SSSR count). The van der Waals surface area contributed by atoms with Crippen LogP contribution in [0.25, 0.3) is 22.3 Å². The number of aromatic nitrogens is 3. The van der Waals surface area contributed by atoms with Crippen LogP contribution in [0.5, 0.6) is 0 Å². The lowest BCUT2D eigenvalue weighted by Crippen LogP contribution is -2.24. The van der Waals surface area contributed by atoms with Gasteiger partial charge in [0.05, 0.1) is 23.8 Å². The highest BCUT2D eigenvalue weighted by atomic mass is 32.3. The van der Waals surface area contributed by atoms with E-state index in [4.69, 9.17) is 4.74 Å². The van der Waals surface area contributed by atoms with E-state index in [-0.39, 0.29) is 0 Å². The van der Waals surface area contributed by atoms with Crippen LogP contribution in [0.3, 0.4) is 0 Å². The van der Waals surface area contributed by atoms with Crippen molar-refractivity contribution in [3.63, 3.8) is 0 Å². The minimum atomic E-state index is -0.569. The molecule has 4 aromatic rings. The zero-order valence-corrected chi connectivity index (χ0v) is 20.8. The van der Waals surface area contributed by atoms with Gasteiger partial charge in [0.25, 0.3) is 0 Å². The lowest BCUT2D eigenvalue weighted by Gasteiger charge is -2.24. The van der Waals surface area contributed by atoms with Gasteiger partial charge in [-0.15, -0.1) is 0 Å². The SMILES string of the molecule is CS(C)(C)CCOCn1ccc2c(-c3cccc(C4(C#N)Cc5ccccc5C4)c3)ncnc21. The van der Waals surface area contributed by atoms with Gasteiger partial charge in [-0.05, 0) is 60.4 Å². The van der Waals surface area contributed by atoms with Gasteiger partial charge < -0.3 is 9.30 Å². The van der Waals surface area contributed by atoms with E-state index in [1.54, 1.807) is 6.33 Å². The molecule has 0 saturated heterocycles. The normalized spacial score (nSPS) is 15.2. The summed E-state index contributed by atoms with van der Waals surface area (Å²) < 4.78 is 7.97. The molecule has 2 aromatic heterocycles. The minimum Gasteiger partial charge on any atom is -0.360 e. The smallest absolute Gasteiger partial charge is 0.145 e. The first kappa shape index (κ1) is 22.6. The lowest BCUT2D eigenvalue weighted by atomic mass is 9.78. The van der Waals surface area contributed by atoms with Crippen LogP contribution < -0.4 is 0 Å². The Bertz CT molecular complexity index is 1350. The number of nitriles is 1. The molecule has 2 aromatic carbocycles. The van der Waals surface area contributed by atoms with E-state index < -0.39 is 15.4 Å². The number of hydrogen-bond donors (Lipinski definition) is 0. The Balaban J connectivity index is 1.44. The Hall–Kier alpha value is -3.14. The van der Waals surface area contributed by atoms with Gasteiger partial charge in [-0.2, -0.15) is 5.26 Å². The van der Waals surface area contributed by atoms with E-state index in [2.05, 4.69) is 83.3 Å². The van der Waals surface area contributed by atoms with E-state index in [1.807, 2.05) is 16.8 Å². The molecule has 6 heteroatoms. The van der Waals surface area contributed by atoms with Crippen molar-refractivity contribution in [1.82, 2.24) is 14.5 Å². The number of nitrogens with zero attached hydrogens (tertiary/aromatic N) is 4. The maximum absolute atomic E-state index is 10.2. The predicted molar refractivity (Wildman–Crippen MR) is 140 cm³/mol. The van der Waals surface area contributed by atoms with Gasteiger partial charge in [-0.3, -0.25) is 0 Å². The highest BCUT2D eigenvalue weighted by molar-refractivity contribution is 8.32. The molecular formula is C28H30N4OS. The first-order chi connectivity index (χ1) is 16.4. The van der Waals surface area contributed by atoms with E-state index in [9.17, 15) is 5.26 Å². The second-order valence-corrected chi connectivity index (χ2v) is 14.6. The van der Waals surface area contributed by atoms with E-state index in [1.165, 1.54) is 11.1 Å². The summed E-state index contributed by atoms with van der Waals surface area (Å²) in [5, 5.41) is 11.2. The Kier molecular flexibility index (Phi) is 5.93. The molecule has 0 radical (unpaired) electrons. The topological polar surface area (TPSA) is 63.7 Å². The van der Waals surface area contributed by atoms with E-state index in [0.717, 1.165) is 53.1 Å². The second-order valence-electron chi connectivity index (χ2n) is 9.97. The maximum atomic E-state index is 10.2.